The van der Waals surface area contributed by atoms with Crippen LogP contribution in [0.2, 0.25) is 0 Å². The molecule has 5 heteroatoms. The lowest BCUT2D eigenvalue weighted by Gasteiger charge is -2.20. The van der Waals surface area contributed by atoms with E-state index in [0.717, 1.165) is 25.1 Å². The fourth-order valence-electron chi connectivity index (χ4n) is 1.88. The molecule has 1 amide bonds. The van der Waals surface area contributed by atoms with Crippen LogP contribution in [0, 0.1) is 0 Å². The minimum atomic E-state index is -1.02. The quantitative estimate of drug-likeness (QED) is 0.829. The van der Waals surface area contributed by atoms with Gasteiger partial charge in [0.25, 0.3) is 5.91 Å². The van der Waals surface area contributed by atoms with Gasteiger partial charge < -0.3 is 14.9 Å². The Morgan fingerprint density at radius 2 is 1.75 bits per heavy atom. The topological polar surface area (TPSA) is 60.9 Å². The van der Waals surface area contributed by atoms with Gasteiger partial charge in [-0.15, -0.1) is 0 Å². The lowest BCUT2D eigenvalue weighted by molar-refractivity contribution is -0.137. The molecule has 1 aromatic carbocycles. The predicted octanol–water partition coefficient (Wildman–Crippen LogP) is 2.08. The molecule has 0 radical (unpaired) electrons. The first-order valence-corrected chi connectivity index (χ1v) is 6.74. The van der Waals surface area contributed by atoms with E-state index in [0.29, 0.717) is 5.56 Å². The summed E-state index contributed by atoms with van der Waals surface area (Å²) in [4.78, 5) is 25.9. The first-order chi connectivity index (χ1) is 9.45. The summed E-state index contributed by atoms with van der Waals surface area (Å²) in [6.07, 6.45) is 2.26. The number of rotatable bonds is 7. The van der Waals surface area contributed by atoms with Crippen LogP contribution in [0.1, 0.15) is 30.1 Å². The van der Waals surface area contributed by atoms with Gasteiger partial charge in [-0.1, -0.05) is 13.3 Å². The van der Waals surface area contributed by atoms with Gasteiger partial charge in [0.1, 0.15) is 6.54 Å². The molecule has 0 aliphatic carbocycles. The van der Waals surface area contributed by atoms with Crippen LogP contribution in [0.3, 0.4) is 0 Å². The summed E-state index contributed by atoms with van der Waals surface area (Å²) in [7, 11) is 3.50. The molecule has 0 unspecified atom stereocenters. The van der Waals surface area contributed by atoms with Crippen LogP contribution in [-0.4, -0.2) is 49.1 Å². The minimum Gasteiger partial charge on any atom is -0.480 e. The number of benzene rings is 1. The van der Waals surface area contributed by atoms with Crippen molar-refractivity contribution in [2.45, 2.75) is 19.8 Å². The molecular formula is C15H22N2O3. The number of carbonyl (C=O) groups is 2. The third-order valence-corrected chi connectivity index (χ3v) is 3.12. The van der Waals surface area contributed by atoms with Gasteiger partial charge in [-0.05, 0) is 30.7 Å². The Morgan fingerprint density at radius 1 is 1.15 bits per heavy atom. The smallest absolute Gasteiger partial charge is 0.323 e. The maximum absolute atomic E-state index is 12.0. The standard InChI is InChI=1S/C15H22N2O3/c1-4-5-10-16(2)13-8-6-12(7-9-13)15(20)17(3)11-14(18)19/h6-9H,4-5,10-11H2,1-3H3,(H,18,19). The molecule has 0 bridgehead atoms. The number of carboxylic acid groups (broad SMARTS) is 1. The average molecular weight is 278 g/mol. The Labute approximate surface area is 119 Å². The molecule has 0 aliphatic rings. The van der Waals surface area contributed by atoms with E-state index in [2.05, 4.69) is 11.8 Å². The van der Waals surface area contributed by atoms with E-state index in [1.807, 2.05) is 19.2 Å². The Balaban J connectivity index is 2.70. The summed E-state index contributed by atoms with van der Waals surface area (Å²) < 4.78 is 0. The Morgan fingerprint density at radius 3 is 2.25 bits per heavy atom. The van der Waals surface area contributed by atoms with Crippen molar-refractivity contribution in [1.29, 1.82) is 0 Å². The zero-order valence-corrected chi connectivity index (χ0v) is 12.3. The molecule has 0 saturated carbocycles. The Kier molecular flexibility index (Phi) is 6.03. The number of carbonyl (C=O) groups excluding carboxylic acids is 1. The molecule has 0 aromatic heterocycles. The molecule has 0 heterocycles. The summed E-state index contributed by atoms with van der Waals surface area (Å²) in [6, 6.07) is 7.24. The second-order valence-corrected chi connectivity index (χ2v) is 4.88. The predicted molar refractivity (Wildman–Crippen MR) is 79.2 cm³/mol. The summed E-state index contributed by atoms with van der Waals surface area (Å²) >= 11 is 0. The van der Waals surface area contributed by atoms with E-state index in [1.54, 1.807) is 12.1 Å². The lowest BCUT2D eigenvalue weighted by Crippen LogP contribution is -2.31. The van der Waals surface area contributed by atoms with Crippen molar-refractivity contribution >= 4 is 17.6 Å². The average Bonchev–Trinajstić information content (AvgIpc) is 2.43. The SMILES string of the molecule is CCCCN(C)c1ccc(C(=O)N(C)CC(=O)O)cc1. The van der Waals surface area contributed by atoms with Crippen LogP contribution >= 0.6 is 0 Å². The molecule has 0 spiro atoms. The highest BCUT2D eigenvalue weighted by Gasteiger charge is 2.14. The van der Waals surface area contributed by atoms with Gasteiger partial charge in [0.15, 0.2) is 0 Å². The van der Waals surface area contributed by atoms with E-state index >= 15 is 0 Å². The van der Waals surface area contributed by atoms with Gasteiger partial charge in [0, 0.05) is 31.9 Å². The molecule has 1 rings (SSSR count). The number of amides is 1. The number of nitrogens with zero attached hydrogens (tertiary/aromatic N) is 2. The number of hydrogen-bond donors (Lipinski definition) is 1. The molecule has 1 N–H and O–H groups in total. The Hall–Kier alpha value is -2.04. The first kappa shape index (κ1) is 16.0. The van der Waals surface area contributed by atoms with Gasteiger partial charge in [0.05, 0.1) is 0 Å². The largest absolute Gasteiger partial charge is 0.480 e. The van der Waals surface area contributed by atoms with Gasteiger partial charge in [-0.25, -0.2) is 0 Å². The third-order valence-electron chi connectivity index (χ3n) is 3.12. The monoisotopic (exact) mass is 278 g/mol. The summed E-state index contributed by atoms with van der Waals surface area (Å²) in [5.74, 6) is -1.30. The van der Waals surface area contributed by atoms with E-state index in [1.165, 1.54) is 11.9 Å². The zero-order valence-electron chi connectivity index (χ0n) is 12.3. The summed E-state index contributed by atoms with van der Waals surface area (Å²) in [5.41, 5.74) is 1.55. The van der Waals surface area contributed by atoms with Crippen LogP contribution in [0.4, 0.5) is 5.69 Å². The molecule has 5 nitrogen and oxygen atoms in total. The van der Waals surface area contributed by atoms with Crippen LogP contribution in [-0.2, 0) is 4.79 Å². The van der Waals surface area contributed by atoms with Crippen LogP contribution in [0.5, 0.6) is 0 Å². The van der Waals surface area contributed by atoms with Crippen molar-refractivity contribution < 1.29 is 14.7 Å². The lowest BCUT2D eigenvalue weighted by atomic mass is 10.1. The van der Waals surface area contributed by atoms with Crippen LogP contribution in [0.15, 0.2) is 24.3 Å². The Bertz CT molecular complexity index is 457. The van der Waals surface area contributed by atoms with Crippen molar-refractivity contribution in [3.05, 3.63) is 29.8 Å². The van der Waals surface area contributed by atoms with E-state index in [9.17, 15) is 9.59 Å². The maximum atomic E-state index is 12.0. The van der Waals surface area contributed by atoms with Crippen LogP contribution in [0.25, 0.3) is 0 Å². The highest BCUT2D eigenvalue weighted by molar-refractivity contribution is 5.95. The van der Waals surface area contributed by atoms with Gasteiger partial charge in [-0.3, -0.25) is 9.59 Å². The number of unbranched alkanes of at least 4 members (excludes halogenated alkanes) is 1. The summed E-state index contributed by atoms with van der Waals surface area (Å²) in [5, 5.41) is 8.68. The van der Waals surface area contributed by atoms with Crippen molar-refractivity contribution in [2.75, 3.05) is 32.1 Å². The zero-order chi connectivity index (χ0) is 15.1. The molecule has 0 saturated heterocycles. The molecule has 0 fully saturated rings. The van der Waals surface area contributed by atoms with Crippen molar-refractivity contribution in [1.82, 2.24) is 4.90 Å². The second kappa shape index (κ2) is 7.53. The number of likely N-dealkylation sites (N-methyl/N-ethyl adjacent to an activating group) is 1. The highest BCUT2D eigenvalue weighted by atomic mass is 16.4. The fraction of sp³-hybridized carbons (Fsp3) is 0.467. The normalized spacial score (nSPS) is 10.2. The maximum Gasteiger partial charge on any atom is 0.323 e. The van der Waals surface area contributed by atoms with Gasteiger partial charge in [0.2, 0.25) is 0 Å². The van der Waals surface area contributed by atoms with E-state index in [-0.39, 0.29) is 12.5 Å². The van der Waals surface area contributed by atoms with Gasteiger partial charge >= 0.3 is 5.97 Å². The number of carboxylic acids is 1. The fourth-order valence-corrected chi connectivity index (χ4v) is 1.88. The molecule has 20 heavy (non-hydrogen) atoms. The van der Waals surface area contributed by atoms with E-state index < -0.39 is 5.97 Å². The highest BCUT2D eigenvalue weighted by Crippen LogP contribution is 2.15. The molecule has 0 atom stereocenters. The number of anilines is 1. The molecular weight excluding hydrogens is 256 g/mol. The van der Waals surface area contributed by atoms with E-state index in [4.69, 9.17) is 5.11 Å². The molecule has 110 valence electrons. The summed E-state index contributed by atoms with van der Waals surface area (Å²) in [6.45, 7) is 2.83. The number of hydrogen-bond acceptors (Lipinski definition) is 3. The molecule has 1 aromatic rings. The van der Waals surface area contributed by atoms with Crippen LogP contribution < -0.4 is 4.90 Å². The second-order valence-electron chi connectivity index (χ2n) is 4.88. The number of aliphatic carboxylic acids is 1. The molecule has 0 aliphatic heterocycles. The minimum absolute atomic E-state index is 0.282. The third kappa shape index (κ3) is 4.57. The first-order valence-electron chi connectivity index (χ1n) is 6.74. The van der Waals surface area contributed by atoms with Crippen molar-refractivity contribution in [2.24, 2.45) is 0 Å². The van der Waals surface area contributed by atoms with Crippen molar-refractivity contribution in [3.63, 3.8) is 0 Å². The van der Waals surface area contributed by atoms with Gasteiger partial charge in [-0.2, -0.15) is 0 Å². The van der Waals surface area contributed by atoms with Crippen molar-refractivity contribution in [3.8, 4) is 0 Å².